The maximum atomic E-state index is 12.1. The summed E-state index contributed by atoms with van der Waals surface area (Å²) >= 11 is 0. The fraction of sp³-hybridized carbons (Fsp3) is 0.375. The Labute approximate surface area is 144 Å². The van der Waals surface area contributed by atoms with Crippen LogP contribution in [-0.2, 0) is 14.3 Å². The van der Waals surface area contributed by atoms with E-state index in [9.17, 15) is 19.2 Å². The predicted octanol–water partition coefficient (Wildman–Crippen LogP) is 0.797. The molecule has 4 amide bonds. The number of hydrogen-bond donors (Lipinski definition) is 3. The van der Waals surface area contributed by atoms with Crippen LogP contribution >= 0.6 is 0 Å². The van der Waals surface area contributed by atoms with Crippen molar-refractivity contribution in [3.63, 3.8) is 0 Å². The summed E-state index contributed by atoms with van der Waals surface area (Å²) in [7, 11) is 0. The number of urea groups is 1. The molecule has 25 heavy (non-hydrogen) atoms. The molecule has 1 aliphatic heterocycles. The molecule has 1 heterocycles. The van der Waals surface area contributed by atoms with Gasteiger partial charge >= 0.3 is 12.0 Å². The molecule has 0 bridgehead atoms. The van der Waals surface area contributed by atoms with Crippen molar-refractivity contribution in [1.82, 2.24) is 10.6 Å². The van der Waals surface area contributed by atoms with Crippen molar-refractivity contribution in [1.29, 1.82) is 0 Å². The quantitative estimate of drug-likeness (QED) is 0.691. The van der Waals surface area contributed by atoms with Gasteiger partial charge in [0.15, 0.2) is 12.7 Å². The van der Waals surface area contributed by atoms with Gasteiger partial charge in [-0.25, -0.2) is 9.59 Å². The fourth-order valence-electron chi connectivity index (χ4n) is 2.00. The molecule has 2 rings (SSSR count). The van der Waals surface area contributed by atoms with Gasteiger partial charge in [0.25, 0.3) is 11.8 Å². The fourth-order valence-corrected chi connectivity index (χ4v) is 2.00. The number of amides is 4. The maximum absolute atomic E-state index is 12.1. The summed E-state index contributed by atoms with van der Waals surface area (Å²) in [5, 5.41) is 7.17. The highest BCUT2D eigenvalue weighted by atomic mass is 16.5. The van der Waals surface area contributed by atoms with E-state index in [-0.39, 0.29) is 24.1 Å². The van der Waals surface area contributed by atoms with Crippen LogP contribution in [-0.4, -0.2) is 42.6 Å². The summed E-state index contributed by atoms with van der Waals surface area (Å²) in [4.78, 5) is 46.7. The second-order valence-corrected chi connectivity index (χ2v) is 5.71. The number of fused-ring (bicyclic) bond motifs is 1. The standard InChI is InChI=1S/C16H19N3O6/c1-8(2)17-16(23)19-14(21)9(3)25-15(22)10-4-5-11-12(6-10)24-7-13(20)18-11/h4-6,8-9H,7H2,1-3H3,(H,18,20)(H2,17,19,21,23). The minimum Gasteiger partial charge on any atom is -0.482 e. The van der Waals surface area contributed by atoms with Crippen molar-refractivity contribution in [3.05, 3.63) is 23.8 Å². The van der Waals surface area contributed by atoms with Crippen LogP contribution in [0.3, 0.4) is 0 Å². The average molecular weight is 349 g/mol. The molecular formula is C16H19N3O6. The smallest absolute Gasteiger partial charge is 0.339 e. The topological polar surface area (TPSA) is 123 Å². The zero-order valence-electron chi connectivity index (χ0n) is 14.0. The van der Waals surface area contributed by atoms with Gasteiger partial charge in [-0.05, 0) is 39.0 Å². The lowest BCUT2D eigenvalue weighted by molar-refractivity contribution is -0.128. The van der Waals surface area contributed by atoms with Gasteiger partial charge in [-0.2, -0.15) is 0 Å². The molecule has 0 fully saturated rings. The van der Waals surface area contributed by atoms with Crippen LogP contribution in [0.5, 0.6) is 5.75 Å². The van der Waals surface area contributed by atoms with Gasteiger partial charge in [0.2, 0.25) is 0 Å². The second-order valence-electron chi connectivity index (χ2n) is 5.71. The Morgan fingerprint density at radius 3 is 2.64 bits per heavy atom. The summed E-state index contributed by atoms with van der Waals surface area (Å²) in [6.07, 6.45) is -1.16. The highest BCUT2D eigenvalue weighted by molar-refractivity contribution is 6.00. The number of ether oxygens (including phenoxy) is 2. The van der Waals surface area contributed by atoms with E-state index in [1.165, 1.54) is 25.1 Å². The van der Waals surface area contributed by atoms with Gasteiger partial charge < -0.3 is 20.1 Å². The van der Waals surface area contributed by atoms with E-state index in [4.69, 9.17) is 9.47 Å². The van der Waals surface area contributed by atoms with Gasteiger partial charge in [0.05, 0.1) is 11.3 Å². The van der Waals surface area contributed by atoms with Crippen LogP contribution in [0.1, 0.15) is 31.1 Å². The Morgan fingerprint density at radius 1 is 1.24 bits per heavy atom. The Hall–Kier alpha value is -3.10. The molecule has 134 valence electrons. The van der Waals surface area contributed by atoms with Crippen molar-refractivity contribution < 1.29 is 28.7 Å². The Kier molecular flexibility index (Phi) is 5.58. The van der Waals surface area contributed by atoms with E-state index in [2.05, 4.69) is 16.0 Å². The SMILES string of the molecule is CC(C)NC(=O)NC(=O)C(C)OC(=O)c1ccc2c(c1)OCC(=O)N2. The first kappa shape index (κ1) is 18.2. The third kappa shape index (κ3) is 4.93. The van der Waals surface area contributed by atoms with Gasteiger partial charge in [-0.1, -0.05) is 0 Å². The molecule has 1 aromatic carbocycles. The molecule has 0 radical (unpaired) electrons. The average Bonchev–Trinajstić information content (AvgIpc) is 2.53. The summed E-state index contributed by atoms with van der Waals surface area (Å²) < 4.78 is 10.3. The lowest BCUT2D eigenvalue weighted by Gasteiger charge is -2.19. The molecule has 9 nitrogen and oxygen atoms in total. The zero-order valence-corrected chi connectivity index (χ0v) is 14.0. The van der Waals surface area contributed by atoms with Crippen LogP contribution in [0.15, 0.2) is 18.2 Å². The summed E-state index contributed by atoms with van der Waals surface area (Å²) in [6, 6.07) is 3.55. The van der Waals surface area contributed by atoms with Crippen molar-refractivity contribution in [2.45, 2.75) is 32.9 Å². The number of carbonyl (C=O) groups excluding carboxylic acids is 4. The third-order valence-corrected chi connectivity index (χ3v) is 3.16. The number of hydrogen-bond acceptors (Lipinski definition) is 6. The maximum Gasteiger partial charge on any atom is 0.339 e. The van der Waals surface area contributed by atoms with Crippen LogP contribution in [0.2, 0.25) is 0 Å². The monoisotopic (exact) mass is 349 g/mol. The van der Waals surface area contributed by atoms with E-state index in [1.807, 2.05) is 0 Å². The number of nitrogens with one attached hydrogen (secondary N) is 3. The lowest BCUT2D eigenvalue weighted by atomic mass is 10.1. The number of rotatable bonds is 4. The molecule has 0 aliphatic carbocycles. The van der Waals surface area contributed by atoms with Crippen molar-refractivity contribution in [2.75, 3.05) is 11.9 Å². The van der Waals surface area contributed by atoms with E-state index in [0.29, 0.717) is 11.4 Å². The van der Waals surface area contributed by atoms with Crippen molar-refractivity contribution in [3.8, 4) is 5.75 Å². The van der Waals surface area contributed by atoms with Crippen LogP contribution in [0.25, 0.3) is 0 Å². The molecular weight excluding hydrogens is 330 g/mol. The molecule has 0 saturated heterocycles. The Balaban J connectivity index is 1.96. The molecule has 0 spiro atoms. The molecule has 1 aromatic rings. The van der Waals surface area contributed by atoms with Gasteiger partial charge in [-0.15, -0.1) is 0 Å². The first-order valence-electron chi connectivity index (χ1n) is 7.65. The highest BCUT2D eigenvalue weighted by Crippen LogP contribution is 2.28. The molecule has 1 atom stereocenters. The first-order valence-corrected chi connectivity index (χ1v) is 7.65. The van der Waals surface area contributed by atoms with E-state index in [1.54, 1.807) is 13.8 Å². The molecule has 1 unspecified atom stereocenters. The second kappa shape index (κ2) is 7.65. The summed E-state index contributed by atoms with van der Waals surface area (Å²) in [6.45, 7) is 4.70. The highest BCUT2D eigenvalue weighted by Gasteiger charge is 2.23. The number of benzene rings is 1. The number of anilines is 1. The van der Waals surface area contributed by atoms with Crippen molar-refractivity contribution >= 4 is 29.5 Å². The predicted molar refractivity (Wildman–Crippen MR) is 87.3 cm³/mol. The first-order chi connectivity index (χ1) is 11.8. The number of imide groups is 1. The summed E-state index contributed by atoms with van der Waals surface area (Å²) in [5.41, 5.74) is 0.602. The molecule has 3 N–H and O–H groups in total. The lowest BCUT2D eigenvalue weighted by Crippen LogP contribution is -2.46. The Bertz CT molecular complexity index is 716. The van der Waals surface area contributed by atoms with E-state index in [0.717, 1.165) is 0 Å². The molecule has 1 aliphatic rings. The number of esters is 1. The minimum atomic E-state index is -1.16. The van der Waals surface area contributed by atoms with Gasteiger partial charge in [0.1, 0.15) is 5.75 Å². The molecule has 0 saturated carbocycles. The molecule has 0 aromatic heterocycles. The van der Waals surface area contributed by atoms with E-state index < -0.39 is 24.0 Å². The Morgan fingerprint density at radius 2 is 1.96 bits per heavy atom. The largest absolute Gasteiger partial charge is 0.482 e. The van der Waals surface area contributed by atoms with Crippen LogP contribution in [0.4, 0.5) is 10.5 Å². The van der Waals surface area contributed by atoms with Gasteiger partial charge in [-0.3, -0.25) is 14.9 Å². The van der Waals surface area contributed by atoms with Crippen molar-refractivity contribution in [2.24, 2.45) is 0 Å². The summed E-state index contributed by atoms with van der Waals surface area (Å²) in [5.74, 6) is -1.45. The zero-order chi connectivity index (χ0) is 18.6. The van der Waals surface area contributed by atoms with Gasteiger partial charge in [0, 0.05) is 6.04 Å². The van der Waals surface area contributed by atoms with Crippen LogP contribution in [0, 0.1) is 0 Å². The van der Waals surface area contributed by atoms with E-state index >= 15 is 0 Å². The van der Waals surface area contributed by atoms with Crippen LogP contribution < -0.4 is 20.7 Å². The minimum absolute atomic E-state index is 0.137. The molecule has 9 heteroatoms. The normalized spacial score (nSPS) is 13.8. The third-order valence-electron chi connectivity index (χ3n) is 3.16. The number of carbonyl (C=O) groups is 4.